The molecule has 0 amide bonds. The van der Waals surface area contributed by atoms with Crippen LogP contribution in [-0.2, 0) is 14.3 Å². The molecule has 26 heavy (non-hydrogen) atoms. The van der Waals surface area contributed by atoms with Gasteiger partial charge in [0.25, 0.3) is 0 Å². The molecule has 0 bridgehead atoms. The smallest absolute Gasteiger partial charge is 0.331 e. The fraction of sp³-hybridized carbons (Fsp3) is 0.850. The van der Waals surface area contributed by atoms with E-state index < -0.39 is 29.2 Å². The van der Waals surface area contributed by atoms with Gasteiger partial charge in [-0.05, 0) is 42.9 Å². The first-order valence-corrected chi connectivity index (χ1v) is 9.77. The van der Waals surface area contributed by atoms with Gasteiger partial charge >= 0.3 is 5.97 Å². The number of fused-ring (bicyclic) bond motifs is 2. The van der Waals surface area contributed by atoms with E-state index in [1.165, 1.54) is 6.08 Å². The van der Waals surface area contributed by atoms with Crippen LogP contribution in [0, 0.1) is 22.7 Å². The Bertz CT molecular complexity index is 626. The van der Waals surface area contributed by atoms with E-state index in [0.717, 1.165) is 19.3 Å². The van der Waals surface area contributed by atoms with Gasteiger partial charge in [-0.25, -0.2) is 4.79 Å². The van der Waals surface area contributed by atoms with Gasteiger partial charge < -0.3 is 24.8 Å². The predicted molar refractivity (Wildman–Crippen MR) is 93.1 cm³/mol. The van der Waals surface area contributed by atoms with Crippen LogP contribution >= 0.6 is 0 Å². The monoisotopic (exact) mass is 366 g/mol. The Balaban J connectivity index is 1.68. The molecule has 6 heteroatoms. The van der Waals surface area contributed by atoms with Crippen LogP contribution in [0.5, 0.6) is 0 Å². The van der Waals surface area contributed by atoms with Crippen LogP contribution < -0.4 is 0 Å². The molecule has 7 unspecified atom stereocenters. The van der Waals surface area contributed by atoms with E-state index in [2.05, 4.69) is 13.8 Å². The van der Waals surface area contributed by atoms with Gasteiger partial charge in [0.05, 0.1) is 30.8 Å². The topological polar surface area (TPSA) is 99.5 Å². The van der Waals surface area contributed by atoms with Crippen molar-refractivity contribution in [1.82, 2.24) is 0 Å². The maximum atomic E-state index is 11.4. The summed E-state index contributed by atoms with van der Waals surface area (Å²) in [6.45, 7) is 4.94. The molecule has 3 N–H and O–H groups in total. The van der Waals surface area contributed by atoms with E-state index in [9.17, 15) is 20.1 Å². The number of hydrogen-bond donors (Lipinski definition) is 3. The second-order valence-electron chi connectivity index (χ2n) is 9.13. The molecule has 0 aromatic heterocycles. The van der Waals surface area contributed by atoms with E-state index >= 15 is 0 Å². The Kier molecular flexibility index (Phi) is 4.27. The second kappa shape index (κ2) is 6.03. The second-order valence-corrected chi connectivity index (χ2v) is 9.13. The Labute approximate surface area is 154 Å². The van der Waals surface area contributed by atoms with Crippen LogP contribution in [0.25, 0.3) is 0 Å². The van der Waals surface area contributed by atoms with Crippen molar-refractivity contribution >= 4 is 5.97 Å². The quantitative estimate of drug-likeness (QED) is 0.510. The van der Waals surface area contributed by atoms with E-state index in [-0.39, 0.29) is 30.5 Å². The third-order valence-electron chi connectivity index (χ3n) is 8.14. The van der Waals surface area contributed by atoms with E-state index in [1.54, 1.807) is 0 Å². The average Bonchev–Trinajstić information content (AvgIpc) is 3.23. The molecule has 2 heterocycles. The molecule has 1 spiro atoms. The Morgan fingerprint density at radius 3 is 2.73 bits per heavy atom. The highest BCUT2D eigenvalue weighted by Gasteiger charge is 2.73. The van der Waals surface area contributed by atoms with Crippen LogP contribution in [0.3, 0.4) is 0 Å². The number of carbonyl (C=O) groups excluding carboxylic acids is 1. The van der Waals surface area contributed by atoms with Gasteiger partial charge in [0.2, 0.25) is 0 Å². The van der Waals surface area contributed by atoms with Crippen molar-refractivity contribution in [1.29, 1.82) is 0 Å². The Morgan fingerprint density at radius 2 is 2.15 bits per heavy atom. The van der Waals surface area contributed by atoms with E-state index in [1.807, 2.05) is 0 Å². The standard InChI is InChI=1S/C20H30O6/c1-12-6-16(23)20(10-21)15(4-3-5-19(20)11-26-19)18(12,2)8-14(22)13-7-17(24)25-9-13/h7,12,14-16,21-23H,3-6,8-11H2,1-2H3. The first-order valence-electron chi connectivity index (χ1n) is 9.77. The van der Waals surface area contributed by atoms with Crippen LogP contribution in [0.4, 0.5) is 0 Å². The lowest BCUT2D eigenvalue weighted by Crippen LogP contribution is -2.66. The van der Waals surface area contributed by atoms with Crippen molar-refractivity contribution in [2.24, 2.45) is 22.7 Å². The summed E-state index contributed by atoms with van der Waals surface area (Å²) >= 11 is 0. The number of epoxide rings is 1. The van der Waals surface area contributed by atoms with Crippen LogP contribution in [0.1, 0.15) is 46.0 Å². The molecule has 2 aliphatic heterocycles. The lowest BCUT2D eigenvalue weighted by Gasteiger charge is -2.62. The van der Waals surface area contributed by atoms with Crippen molar-refractivity contribution in [2.45, 2.75) is 63.8 Å². The minimum Gasteiger partial charge on any atom is -0.458 e. The molecule has 146 valence electrons. The number of aliphatic hydroxyl groups excluding tert-OH is 3. The molecule has 2 aliphatic carbocycles. The zero-order valence-electron chi connectivity index (χ0n) is 15.6. The van der Waals surface area contributed by atoms with Gasteiger partial charge in [-0.3, -0.25) is 0 Å². The summed E-state index contributed by atoms with van der Waals surface area (Å²) in [4.78, 5) is 11.4. The summed E-state index contributed by atoms with van der Waals surface area (Å²) in [5.74, 6) is -0.156. The SMILES string of the molecule is CC1CC(O)C2(CO)C(CCCC23CO3)C1(C)CC(O)C1=CC(=O)OC1. The summed E-state index contributed by atoms with van der Waals surface area (Å²) in [5.41, 5.74) is -0.727. The molecular weight excluding hydrogens is 336 g/mol. The summed E-state index contributed by atoms with van der Waals surface area (Å²) < 4.78 is 10.8. The fourth-order valence-corrected chi connectivity index (χ4v) is 6.34. The lowest BCUT2D eigenvalue weighted by molar-refractivity contribution is -0.215. The number of rotatable bonds is 4. The van der Waals surface area contributed by atoms with Crippen LogP contribution in [-0.4, -0.2) is 58.9 Å². The number of carbonyl (C=O) groups is 1. The summed E-state index contributed by atoms with van der Waals surface area (Å²) in [7, 11) is 0. The van der Waals surface area contributed by atoms with Crippen molar-refractivity contribution in [3.05, 3.63) is 11.6 Å². The first kappa shape index (κ1) is 18.4. The number of hydrogen-bond acceptors (Lipinski definition) is 6. The zero-order valence-corrected chi connectivity index (χ0v) is 15.6. The number of esters is 1. The molecule has 0 radical (unpaired) electrons. The van der Waals surface area contributed by atoms with Crippen molar-refractivity contribution in [2.75, 3.05) is 19.8 Å². The highest BCUT2D eigenvalue weighted by atomic mass is 16.6. The average molecular weight is 366 g/mol. The third kappa shape index (κ3) is 2.35. The van der Waals surface area contributed by atoms with Gasteiger partial charge in [-0.2, -0.15) is 0 Å². The van der Waals surface area contributed by atoms with Crippen LogP contribution in [0.2, 0.25) is 0 Å². The molecule has 1 saturated heterocycles. The van der Waals surface area contributed by atoms with E-state index in [0.29, 0.717) is 25.0 Å². The predicted octanol–water partition coefficient (Wildman–Crippen LogP) is 1.18. The Morgan fingerprint density at radius 1 is 1.42 bits per heavy atom. The minimum absolute atomic E-state index is 0.0586. The largest absolute Gasteiger partial charge is 0.458 e. The summed E-state index contributed by atoms with van der Waals surface area (Å²) in [6.07, 6.45) is 3.90. The van der Waals surface area contributed by atoms with Gasteiger partial charge in [0.15, 0.2) is 0 Å². The van der Waals surface area contributed by atoms with Crippen molar-refractivity contribution in [3.8, 4) is 0 Å². The first-order chi connectivity index (χ1) is 12.3. The molecule has 0 aromatic rings. The maximum absolute atomic E-state index is 11.4. The summed E-state index contributed by atoms with van der Waals surface area (Å²) in [5, 5.41) is 32.3. The fourth-order valence-electron chi connectivity index (χ4n) is 6.34. The highest BCUT2D eigenvalue weighted by molar-refractivity contribution is 5.85. The van der Waals surface area contributed by atoms with Gasteiger partial charge in [0, 0.05) is 11.6 Å². The minimum atomic E-state index is -0.751. The molecule has 0 aromatic carbocycles. The normalized spacial score (nSPS) is 48.7. The number of aliphatic hydroxyl groups is 3. The van der Waals surface area contributed by atoms with Crippen molar-refractivity contribution < 1.29 is 29.6 Å². The lowest BCUT2D eigenvalue weighted by atomic mass is 9.43. The third-order valence-corrected chi connectivity index (χ3v) is 8.14. The van der Waals surface area contributed by atoms with Crippen molar-refractivity contribution in [3.63, 3.8) is 0 Å². The van der Waals surface area contributed by atoms with E-state index in [4.69, 9.17) is 9.47 Å². The van der Waals surface area contributed by atoms with Gasteiger partial charge in [0.1, 0.15) is 12.2 Å². The zero-order chi connectivity index (χ0) is 18.7. The maximum Gasteiger partial charge on any atom is 0.331 e. The van der Waals surface area contributed by atoms with Crippen LogP contribution in [0.15, 0.2) is 11.6 Å². The number of ether oxygens (including phenoxy) is 2. The molecular formula is C20H30O6. The molecule has 2 saturated carbocycles. The molecule has 6 nitrogen and oxygen atoms in total. The Hall–Kier alpha value is -0.950. The molecule has 3 fully saturated rings. The number of cyclic esters (lactones) is 1. The van der Waals surface area contributed by atoms with Gasteiger partial charge in [-0.1, -0.05) is 20.3 Å². The van der Waals surface area contributed by atoms with Gasteiger partial charge in [-0.15, -0.1) is 0 Å². The molecule has 7 atom stereocenters. The highest BCUT2D eigenvalue weighted by Crippen LogP contribution is 2.68. The summed E-state index contributed by atoms with van der Waals surface area (Å²) in [6, 6.07) is 0. The molecule has 4 rings (SSSR count). The molecule has 4 aliphatic rings.